The molecule has 1 unspecified atom stereocenters. The highest BCUT2D eigenvalue weighted by Crippen LogP contribution is 2.47. The van der Waals surface area contributed by atoms with Gasteiger partial charge < -0.3 is 86.1 Å². The van der Waals surface area contributed by atoms with Crippen LogP contribution in [0.2, 0.25) is 0 Å². The summed E-state index contributed by atoms with van der Waals surface area (Å²) in [4.78, 5) is 170. The van der Waals surface area contributed by atoms with Crippen molar-refractivity contribution in [2.24, 2.45) is 11.7 Å². The Morgan fingerprint density at radius 3 is 2.22 bits per heavy atom. The number of hydrogen-bond donors (Lipinski definition) is 9. The number of cyclic esters (lactones) is 2. The van der Waals surface area contributed by atoms with Crippen LogP contribution >= 0.6 is 0 Å². The number of ether oxygens (including phenoxy) is 5. The van der Waals surface area contributed by atoms with Crippen molar-refractivity contribution < 1.29 is 85.9 Å². The average Bonchev–Trinajstić information content (AvgIpc) is 1.52. The molecule has 112 heavy (non-hydrogen) atoms. The second kappa shape index (κ2) is 33.1. The largest absolute Gasteiger partial charge is 0.464 e. The smallest absolute Gasteiger partial charge is 0.415 e. The number of carbonyl (C=O) groups excluding carboxylic acids is 11. The van der Waals surface area contributed by atoms with Gasteiger partial charge in [-0.3, -0.25) is 28.8 Å². The van der Waals surface area contributed by atoms with Gasteiger partial charge in [-0.1, -0.05) is 93.6 Å². The van der Waals surface area contributed by atoms with Crippen molar-refractivity contribution >= 4 is 82.4 Å². The number of alkyl carbamates (subject to hydrolysis) is 1. The Balaban J connectivity index is 0.597. The lowest BCUT2D eigenvalue weighted by atomic mass is 9.81. The number of likely N-dealkylation sites (tertiary alicyclic amines) is 1. The Morgan fingerprint density at radius 1 is 0.786 bits per heavy atom. The van der Waals surface area contributed by atoms with E-state index in [2.05, 4.69) is 37.2 Å². The van der Waals surface area contributed by atoms with Crippen molar-refractivity contribution in [1.82, 2.24) is 51.3 Å². The van der Waals surface area contributed by atoms with Crippen LogP contribution in [-0.2, 0) is 90.7 Å². The van der Waals surface area contributed by atoms with Crippen LogP contribution < -0.4 is 53.2 Å². The second-order valence-corrected chi connectivity index (χ2v) is 29.3. The van der Waals surface area contributed by atoms with Gasteiger partial charge in [0.05, 0.1) is 60.5 Å². The fourth-order valence-corrected chi connectivity index (χ4v) is 15.7. The minimum Gasteiger partial charge on any atom is -0.464 e. The number of likely N-dealkylation sites (N-methyl/N-ethyl adjacent to an activating group) is 1. The lowest BCUT2D eigenvalue weighted by molar-refractivity contribution is -0.172. The normalized spacial score (nSPS) is 18.4. The van der Waals surface area contributed by atoms with Crippen LogP contribution in [0.3, 0.4) is 0 Å². The lowest BCUT2D eigenvalue weighted by Gasteiger charge is -2.31. The highest BCUT2D eigenvalue weighted by atomic mass is 19.1. The van der Waals surface area contributed by atoms with Gasteiger partial charge in [-0.25, -0.2) is 38.1 Å². The Bertz CT molecular complexity index is 4970. The van der Waals surface area contributed by atoms with Gasteiger partial charge in [0.25, 0.3) is 5.56 Å². The molecule has 30 nitrogen and oxygen atoms in total. The number of halogens is 1. The van der Waals surface area contributed by atoms with Crippen LogP contribution in [-0.4, -0.2) is 160 Å². The van der Waals surface area contributed by atoms with E-state index in [1.807, 2.05) is 48.5 Å². The van der Waals surface area contributed by atoms with E-state index in [1.54, 1.807) is 82.3 Å². The van der Waals surface area contributed by atoms with Crippen LogP contribution in [0.4, 0.5) is 29.3 Å². The number of nitrogens with zero attached hydrogens (tertiary/aromatic N) is 4. The lowest BCUT2D eigenvalue weighted by Crippen LogP contribution is -2.58. The van der Waals surface area contributed by atoms with E-state index in [0.717, 1.165) is 27.8 Å². The summed E-state index contributed by atoms with van der Waals surface area (Å²) in [5.74, 6) is -6.38. The first kappa shape index (κ1) is 77.9. The third-order valence-electron chi connectivity index (χ3n) is 21.6. The van der Waals surface area contributed by atoms with E-state index >= 15 is 4.39 Å². The number of benzene rings is 5. The quantitative estimate of drug-likeness (QED) is 0.0152. The molecule has 0 bridgehead atoms. The summed E-state index contributed by atoms with van der Waals surface area (Å²) in [6.07, 6.45) is -0.915. The van der Waals surface area contributed by atoms with E-state index in [4.69, 9.17) is 34.4 Å². The van der Waals surface area contributed by atoms with Crippen LogP contribution in [0.1, 0.15) is 140 Å². The standard InChI is InChI=1S/C81H87FN12O18/c1-6-81(107)57-34-64-70-54(38-94(64)74(100)56(57)41-109-76(81)102)68-59(27-26-49-43(4)58(82)35-62(88-70)67(49)68)86-65(95)33-45-14-11-16-48(32-45)112-79(105)92(5)37-47-15-13-30-93(47)80(106)111-39-44-22-24-46(25-23-44)85-71(97)60(21-12-29-84-77(83)103)89-73(99)69(42(2)3)91-72(98)63(36-66(96)87-61-28-31-108-75(61)101)90-78(104)110-40-55-52-19-9-7-17-50(52)51-18-8-10-20-53(51)55/h7-11,14,16-20,22-25,32,34-35,42,47,55,59-61,63,69,107H,6,12-13,15,21,26-31,33,36-41H2,1-5H3,(H,85,97)(H,86,95)(H,87,96)(H,89,99)(H,90,104)(H,91,98)(H3,83,84,103)/t47?,59-,60-,61-,63-,69-,81-/m0/s1. The van der Waals surface area contributed by atoms with Gasteiger partial charge >= 0.3 is 36.2 Å². The maximum Gasteiger partial charge on any atom is 0.415 e. The second-order valence-electron chi connectivity index (χ2n) is 29.3. The first-order valence-electron chi connectivity index (χ1n) is 37.4. The number of urea groups is 1. The molecule has 5 aromatic carbocycles. The molecule has 10 N–H and O–H groups in total. The topological polar surface area (TPSA) is 406 Å². The third-order valence-corrected chi connectivity index (χ3v) is 21.6. The summed E-state index contributed by atoms with van der Waals surface area (Å²) in [5, 5.41) is 31.0. The van der Waals surface area contributed by atoms with Gasteiger partial charge in [0.1, 0.15) is 55.6 Å². The molecule has 10 amide bonds. The molecular weight excluding hydrogens is 1450 g/mol. The molecule has 13 rings (SSSR count). The van der Waals surface area contributed by atoms with Crippen molar-refractivity contribution in [2.75, 3.05) is 45.2 Å². The molecule has 7 atom stereocenters. The van der Waals surface area contributed by atoms with E-state index in [-0.39, 0.29) is 113 Å². The molecule has 6 aliphatic rings. The summed E-state index contributed by atoms with van der Waals surface area (Å²) < 4.78 is 44.6. The summed E-state index contributed by atoms with van der Waals surface area (Å²) >= 11 is 0. The number of aryl methyl sites for hydroxylation is 1. The molecule has 2 saturated heterocycles. The first-order chi connectivity index (χ1) is 53.7. The van der Waals surface area contributed by atoms with Crippen molar-refractivity contribution in [3.63, 3.8) is 0 Å². The number of aliphatic hydroxyl groups is 1. The van der Waals surface area contributed by atoms with Crippen LogP contribution in [0.25, 0.3) is 33.4 Å². The molecule has 31 heteroatoms. The van der Waals surface area contributed by atoms with E-state index in [9.17, 15) is 62.6 Å². The number of aromatic nitrogens is 2. The SMILES string of the molecule is CC[C@@]1(O)C(=O)OCc2c1cc1n(c2=O)Cc2c-1nc1cc(F)c(C)c3c1c2[C@@H](NC(=O)Cc1cccc(OC(=O)N(C)CC2CCCN2C(=O)OCc2ccc(NC(=O)[C@H](CCCNC(N)=O)NC(=O)[C@@H](NC(=O)[C@H](CC(=O)N[C@H]4CCOC4=O)NC(=O)OCC4c5ccccc5-c5ccccc54)C(C)C)cc2)c1)CC3. The minimum absolute atomic E-state index is 0.0279. The van der Waals surface area contributed by atoms with Crippen molar-refractivity contribution in [1.29, 1.82) is 0 Å². The van der Waals surface area contributed by atoms with E-state index in [1.165, 1.54) is 27.5 Å². The molecule has 0 radical (unpaired) electrons. The molecule has 0 saturated carbocycles. The molecule has 7 aromatic rings. The molecule has 2 fully saturated rings. The van der Waals surface area contributed by atoms with E-state index < -0.39 is 125 Å². The number of pyridine rings is 2. The van der Waals surface area contributed by atoms with Crippen LogP contribution in [0.15, 0.2) is 114 Å². The predicted molar refractivity (Wildman–Crippen MR) is 402 cm³/mol. The molecule has 0 spiro atoms. The summed E-state index contributed by atoms with van der Waals surface area (Å²) in [6.45, 7) is 6.58. The monoisotopic (exact) mass is 1530 g/mol. The average molecular weight is 1540 g/mol. The van der Waals surface area contributed by atoms with Gasteiger partial charge in [0, 0.05) is 67.3 Å². The Labute approximate surface area is 642 Å². The number of primary amides is 1. The maximum absolute atomic E-state index is 15.6. The van der Waals surface area contributed by atoms with Gasteiger partial charge in [0.2, 0.25) is 29.5 Å². The Morgan fingerprint density at radius 2 is 1.52 bits per heavy atom. The number of nitrogens with two attached hydrogens (primary N) is 1. The van der Waals surface area contributed by atoms with Gasteiger partial charge in [-0.2, -0.15) is 0 Å². The van der Waals surface area contributed by atoms with E-state index in [0.29, 0.717) is 82.3 Å². The van der Waals surface area contributed by atoms with Crippen LogP contribution in [0.5, 0.6) is 5.75 Å². The number of hydrogen-bond acceptors (Lipinski definition) is 19. The zero-order valence-electron chi connectivity index (χ0n) is 62.4. The summed E-state index contributed by atoms with van der Waals surface area (Å²) in [5.41, 5.74) is 11.9. The number of nitrogens with one attached hydrogen (secondary N) is 7. The first-order valence-corrected chi connectivity index (χ1v) is 37.4. The fraction of sp³-hybridized carbons (Fsp3) is 0.395. The number of carbonyl (C=O) groups is 11. The fourth-order valence-electron chi connectivity index (χ4n) is 15.7. The number of rotatable bonds is 26. The Kier molecular flexibility index (Phi) is 23.0. The highest BCUT2D eigenvalue weighted by Gasteiger charge is 2.47. The molecule has 2 aromatic heterocycles. The van der Waals surface area contributed by atoms with Crippen molar-refractivity contribution in [2.45, 2.75) is 159 Å². The van der Waals surface area contributed by atoms with Crippen molar-refractivity contribution in [3.05, 3.63) is 181 Å². The molecular formula is C81H87FN12O18. The Hall–Kier alpha value is -12.3. The zero-order chi connectivity index (χ0) is 79.4. The van der Waals surface area contributed by atoms with Crippen LogP contribution in [0, 0.1) is 18.7 Å². The predicted octanol–water partition coefficient (Wildman–Crippen LogP) is 6.85. The minimum atomic E-state index is -2.06. The third kappa shape index (κ3) is 16.5. The number of esters is 2. The van der Waals surface area contributed by atoms with Gasteiger partial charge in [-0.15, -0.1) is 0 Å². The maximum atomic E-state index is 15.6. The number of fused-ring (bicyclic) bond motifs is 8. The summed E-state index contributed by atoms with van der Waals surface area (Å²) in [6, 6.07) is 24.1. The summed E-state index contributed by atoms with van der Waals surface area (Å²) in [7, 11) is 1.54. The highest BCUT2D eigenvalue weighted by molar-refractivity contribution is 6.00. The molecule has 6 heterocycles. The molecule has 586 valence electrons. The number of anilines is 1. The molecule has 4 aliphatic heterocycles. The molecule has 2 aliphatic carbocycles. The zero-order valence-corrected chi connectivity index (χ0v) is 62.4. The van der Waals surface area contributed by atoms with Gasteiger partial charge in [0.15, 0.2) is 5.60 Å². The number of amides is 10. The van der Waals surface area contributed by atoms with Gasteiger partial charge in [-0.05, 0) is 138 Å². The van der Waals surface area contributed by atoms with Crippen molar-refractivity contribution in [3.8, 4) is 28.3 Å².